The van der Waals surface area contributed by atoms with Gasteiger partial charge in [0.15, 0.2) is 11.5 Å². The molecular formula is C29H26Br2N2O6. The van der Waals surface area contributed by atoms with E-state index in [1.807, 2.05) is 45.0 Å². The lowest BCUT2D eigenvalue weighted by Gasteiger charge is -2.26. The summed E-state index contributed by atoms with van der Waals surface area (Å²) in [6.45, 7) is 6.39. The second kappa shape index (κ2) is 12.5. The van der Waals surface area contributed by atoms with E-state index < -0.39 is 17.8 Å². The van der Waals surface area contributed by atoms with Crippen LogP contribution in [0.2, 0.25) is 0 Å². The summed E-state index contributed by atoms with van der Waals surface area (Å²) < 4.78 is 19.0. The first-order valence-electron chi connectivity index (χ1n) is 12.2. The Kier molecular flexibility index (Phi) is 9.08. The quantitative estimate of drug-likeness (QED) is 0.205. The fourth-order valence-corrected chi connectivity index (χ4v) is 4.60. The lowest BCUT2D eigenvalue weighted by molar-refractivity contribution is -0.122. The fraction of sp³-hybridized carbons (Fsp3) is 0.207. The normalized spacial score (nSPS) is 14.6. The summed E-state index contributed by atoms with van der Waals surface area (Å²) in [5, 5.41) is 2.24. The molecule has 1 saturated heterocycles. The van der Waals surface area contributed by atoms with Crippen LogP contribution in [0.1, 0.15) is 31.9 Å². The first-order valence-corrected chi connectivity index (χ1v) is 13.8. The number of halogens is 2. The van der Waals surface area contributed by atoms with E-state index in [2.05, 4.69) is 37.2 Å². The van der Waals surface area contributed by atoms with E-state index in [9.17, 15) is 14.4 Å². The van der Waals surface area contributed by atoms with Crippen molar-refractivity contribution in [3.8, 4) is 17.2 Å². The van der Waals surface area contributed by atoms with Gasteiger partial charge in [0.1, 0.15) is 17.9 Å². The molecule has 1 N–H and O–H groups in total. The number of barbiturate groups is 1. The van der Waals surface area contributed by atoms with Gasteiger partial charge in [-0.15, -0.1) is 0 Å². The van der Waals surface area contributed by atoms with E-state index in [1.54, 1.807) is 36.4 Å². The Hall–Kier alpha value is -3.63. The standard InChI is InChI=1S/C29H26Br2N2O6/c1-4-37-25-15-19(14-24(31)26(25)39-17(2)3)13-23-27(34)32-29(36)33(28(23)35)21-9-11-22(12-10-21)38-16-18-5-7-20(30)8-6-18/h5-15,17H,4,16H2,1-3H3,(H,32,34,36)/b23-13+. The number of benzene rings is 3. The minimum atomic E-state index is -0.831. The molecule has 4 rings (SSSR count). The van der Waals surface area contributed by atoms with Crippen molar-refractivity contribution in [1.82, 2.24) is 5.32 Å². The van der Waals surface area contributed by atoms with E-state index in [-0.39, 0.29) is 11.7 Å². The Morgan fingerprint density at radius 3 is 2.28 bits per heavy atom. The molecule has 202 valence electrons. The number of urea groups is 1. The number of rotatable bonds is 9. The number of hydrogen-bond donors (Lipinski definition) is 1. The minimum Gasteiger partial charge on any atom is -0.490 e. The molecule has 1 aliphatic heterocycles. The Morgan fingerprint density at radius 1 is 0.949 bits per heavy atom. The van der Waals surface area contributed by atoms with Crippen molar-refractivity contribution in [2.45, 2.75) is 33.5 Å². The third kappa shape index (κ3) is 6.88. The molecule has 0 saturated carbocycles. The van der Waals surface area contributed by atoms with Crippen molar-refractivity contribution in [3.05, 3.63) is 86.3 Å². The molecule has 3 aromatic carbocycles. The summed E-state index contributed by atoms with van der Waals surface area (Å²) in [7, 11) is 0. The number of ether oxygens (including phenoxy) is 3. The summed E-state index contributed by atoms with van der Waals surface area (Å²) in [5.41, 5.74) is 1.61. The Morgan fingerprint density at radius 2 is 1.64 bits per heavy atom. The Labute approximate surface area is 243 Å². The van der Waals surface area contributed by atoms with Crippen LogP contribution in [-0.2, 0) is 16.2 Å². The number of amides is 4. The molecular weight excluding hydrogens is 632 g/mol. The van der Waals surface area contributed by atoms with Gasteiger partial charge < -0.3 is 14.2 Å². The van der Waals surface area contributed by atoms with Crippen LogP contribution in [0.25, 0.3) is 6.08 Å². The van der Waals surface area contributed by atoms with Gasteiger partial charge in [0, 0.05) is 4.47 Å². The first-order chi connectivity index (χ1) is 18.7. The zero-order valence-corrected chi connectivity index (χ0v) is 24.7. The molecule has 39 heavy (non-hydrogen) atoms. The number of hydrogen-bond acceptors (Lipinski definition) is 6. The summed E-state index contributed by atoms with van der Waals surface area (Å²) in [5.74, 6) is 0.0157. The van der Waals surface area contributed by atoms with Gasteiger partial charge in [-0.05, 0) is 102 Å². The lowest BCUT2D eigenvalue weighted by atomic mass is 10.1. The van der Waals surface area contributed by atoms with E-state index in [4.69, 9.17) is 14.2 Å². The smallest absolute Gasteiger partial charge is 0.335 e. The van der Waals surface area contributed by atoms with Gasteiger partial charge in [-0.25, -0.2) is 9.69 Å². The average molecular weight is 658 g/mol. The van der Waals surface area contributed by atoms with Crippen molar-refractivity contribution in [2.75, 3.05) is 11.5 Å². The molecule has 1 aliphatic rings. The highest BCUT2D eigenvalue weighted by atomic mass is 79.9. The predicted octanol–water partition coefficient (Wildman–Crippen LogP) is 6.64. The molecule has 0 bridgehead atoms. The molecule has 0 unspecified atom stereocenters. The maximum absolute atomic E-state index is 13.4. The molecule has 0 radical (unpaired) electrons. The van der Waals surface area contributed by atoms with E-state index >= 15 is 0 Å². The molecule has 10 heteroatoms. The molecule has 0 aliphatic carbocycles. The largest absolute Gasteiger partial charge is 0.490 e. The third-order valence-corrected chi connectivity index (χ3v) is 6.63. The Bertz CT molecular complexity index is 1420. The lowest BCUT2D eigenvalue weighted by Crippen LogP contribution is -2.54. The molecule has 1 fully saturated rings. The zero-order valence-electron chi connectivity index (χ0n) is 21.5. The third-order valence-electron chi connectivity index (χ3n) is 5.51. The molecule has 3 aromatic rings. The van der Waals surface area contributed by atoms with Crippen molar-refractivity contribution in [1.29, 1.82) is 0 Å². The number of nitrogens with one attached hydrogen (secondary N) is 1. The molecule has 1 heterocycles. The van der Waals surface area contributed by atoms with Crippen molar-refractivity contribution in [3.63, 3.8) is 0 Å². The Balaban J connectivity index is 1.57. The molecule has 0 atom stereocenters. The molecule has 0 spiro atoms. The maximum Gasteiger partial charge on any atom is 0.335 e. The van der Waals surface area contributed by atoms with Crippen molar-refractivity contribution < 1.29 is 28.6 Å². The number of imide groups is 2. The molecule has 8 nitrogen and oxygen atoms in total. The van der Waals surface area contributed by atoms with Crippen LogP contribution in [0.15, 0.2) is 75.2 Å². The number of anilines is 1. The van der Waals surface area contributed by atoms with Gasteiger partial charge in [0.2, 0.25) is 0 Å². The average Bonchev–Trinajstić information content (AvgIpc) is 2.89. The van der Waals surface area contributed by atoms with E-state index in [0.29, 0.717) is 46.2 Å². The van der Waals surface area contributed by atoms with Crippen LogP contribution in [0.3, 0.4) is 0 Å². The summed E-state index contributed by atoms with van der Waals surface area (Å²) in [4.78, 5) is 39.6. The highest BCUT2D eigenvalue weighted by molar-refractivity contribution is 9.10. The SMILES string of the molecule is CCOc1cc(/C=C2\C(=O)NC(=O)N(c3ccc(OCc4ccc(Br)cc4)cc3)C2=O)cc(Br)c1OC(C)C. The second-order valence-electron chi connectivity index (χ2n) is 8.80. The summed E-state index contributed by atoms with van der Waals surface area (Å²) in [6.07, 6.45) is 1.33. The fourth-order valence-electron chi connectivity index (χ4n) is 3.78. The van der Waals surface area contributed by atoms with E-state index in [1.165, 1.54) is 6.08 Å². The summed E-state index contributed by atoms with van der Waals surface area (Å²) >= 11 is 6.89. The highest BCUT2D eigenvalue weighted by Gasteiger charge is 2.37. The van der Waals surface area contributed by atoms with Gasteiger partial charge >= 0.3 is 6.03 Å². The van der Waals surface area contributed by atoms with Crippen LogP contribution < -0.4 is 24.4 Å². The van der Waals surface area contributed by atoms with Crippen LogP contribution in [0, 0.1) is 0 Å². The van der Waals surface area contributed by atoms with Gasteiger partial charge in [0.05, 0.1) is 22.9 Å². The number of carbonyl (C=O) groups is 3. The molecule has 0 aromatic heterocycles. The number of carbonyl (C=O) groups excluding carboxylic acids is 3. The van der Waals surface area contributed by atoms with Crippen molar-refractivity contribution in [2.24, 2.45) is 0 Å². The number of nitrogens with zero attached hydrogens (tertiary/aromatic N) is 1. The highest BCUT2D eigenvalue weighted by Crippen LogP contribution is 2.38. The van der Waals surface area contributed by atoms with Gasteiger partial charge in [0.25, 0.3) is 11.8 Å². The van der Waals surface area contributed by atoms with Gasteiger partial charge in [-0.3, -0.25) is 14.9 Å². The van der Waals surface area contributed by atoms with Gasteiger partial charge in [-0.1, -0.05) is 28.1 Å². The van der Waals surface area contributed by atoms with Gasteiger partial charge in [-0.2, -0.15) is 0 Å². The molecule has 4 amide bonds. The monoisotopic (exact) mass is 656 g/mol. The maximum atomic E-state index is 13.4. The van der Waals surface area contributed by atoms with Crippen LogP contribution >= 0.6 is 31.9 Å². The van der Waals surface area contributed by atoms with Crippen molar-refractivity contribution >= 4 is 61.5 Å². The van der Waals surface area contributed by atoms with Crippen LogP contribution in [-0.4, -0.2) is 30.6 Å². The van der Waals surface area contributed by atoms with E-state index in [0.717, 1.165) is 14.9 Å². The predicted molar refractivity (Wildman–Crippen MR) is 155 cm³/mol. The minimum absolute atomic E-state index is 0.0902. The second-order valence-corrected chi connectivity index (χ2v) is 10.6. The first kappa shape index (κ1) is 28.4. The van der Waals surface area contributed by atoms with Crippen LogP contribution in [0.4, 0.5) is 10.5 Å². The topological polar surface area (TPSA) is 94.2 Å². The van der Waals surface area contributed by atoms with Crippen LogP contribution in [0.5, 0.6) is 17.2 Å². The zero-order chi connectivity index (χ0) is 28.1. The summed E-state index contributed by atoms with van der Waals surface area (Å²) in [6, 6.07) is 16.8.